The molecule has 0 saturated carbocycles. The smallest absolute Gasteiger partial charge is 1.00 e. The van der Waals surface area contributed by atoms with Crippen LogP contribution in [0.25, 0.3) is 0 Å². The molecule has 0 unspecified atom stereocenters. The first-order valence-corrected chi connectivity index (χ1v) is 5.75. The second kappa shape index (κ2) is 5.71. The summed E-state index contributed by atoms with van der Waals surface area (Å²) in [6.07, 6.45) is -4.59. The van der Waals surface area contributed by atoms with Gasteiger partial charge in [0.15, 0.2) is 0 Å². The molecule has 0 amide bonds. The fourth-order valence-electron chi connectivity index (χ4n) is 0.898. The maximum Gasteiger partial charge on any atom is -1.00 e. The summed E-state index contributed by atoms with van der Waals surface area (Å²) < 4.78 is 39.0. The molecular formula is C8H6BrF3OZn. The number of hydrogen-bond acceptors (Lipinski definition) is 1. The second-order valence-electron chi connectivity index (χ2n) is 2.45. The molecule has 0 N–H and O–H groups in total. The summed E-state index contributed by atoms with van der Waals surface area (Å²) in [5, 5.41) is 0.815. The van der Waals surface area contributed by atoms with Crippen LogP contribution in [0, 0.1) is 0 Å². The van der Waals surface area contributed by atoms with Crippen molar-refractivity contribution in [2.45, 2.75) is 11.4 Å². The normalized spacial score (nSPS) is 10.6. The minimum absolute atomic E-state index is 0. The molecule has 0 aliphatic rings. The molecule has 0 heterocycles. The largest absolute Gasteiger partial charge is 1.00 e. The van der Waals surface area contributed by atoms with E-state index in [1.807, 2.05) is 0 Å². The van der Waals surface area contributed by atoms with Crippen LogP contribution in [0.2, 0.25) is 0 Å². The van der Waals surface area contributed by atoms with Crippen molar-refractivity contribution < 1.29 is 53.2 Å². The van der Waals surface area contributed by atoms with E-state index in [1.165, 1.54) is 12.1 Å². The Morgan fingerprint density at radius 2 is 1.93 bits per heavy atom. The molecule has 1 rings (SSSR count). The number of hydrogen-bond donors (Lipinski definition) is 0. The predicted molar refractivity (Wildman–Crippen MR) is 36.8 cm³/mol. The quantitative estimate of drug-likeness (QED) is 0.676. The summed E-state index contributed by atoms with van der Waals surface area (Å²) in [6, 6.07) is 6.06. The van der Waals surface area contributed by atoms with E-state index >= 15 is 0 Å². The Bertz CT molecular complexity index is 290. The first kappa shape index (κ1) is 13.9. The van der Waals surface area contributed by atoms with Crippen LogP contribution in [0.5, 0.6) is 5.75 Å². The van der Waals surface area contributed by atoms with Crippen molar-refractivity contribution in [3.8, 4) is 5.75 Å². The summed E-state index contributed by atoms with van der Waals surface area (Å²) in [5.74, 6) is -0.140. The minimum atomic E-state index is -4.59. The zero-order valence-electron chi connectivity index (χ0n) is 7.14. The van der Waals surface area contributed by atoms with Crippen LogP contribution >= 0.6 is 0 Å². The average Bonchev–Trinajstić information content (AvgIpc) is 2.01. The third-order valence-corrected chi connectivity index (χ3v) is 2.63. The predicted octanol–water partition coefficient (Wildman–Crippen LogP) is -0.364. The van der Waals surface area contributed by atoms with Crippen LogP contribution in [-0.4, -0.2) is 6.36 Å². The summed E-state index contributed by atoms with van der Waals surface area (Å²) in [5.41, 5.74) is 0.877. The summed E-state index contributed by atoms with van der Waals surface area (Å²) in [6.45, 7) is 0. The van der Waals surface area contributed by atoms with Gasteiger partial charge in [-0.3, -0.25) is 0 Å². The molecule has 14 heavy (non-hydrogen) atoms. The molecule has 0 bridgehead atoms. The zero-order chi connectivity index (χ0) is 9.90. The monoisotopic (exact) mass is 318 g/mol. The van der Waals surface area contributed by atoms with Crippen molar-refractivity contribution in [1.29, 1.82) is 0 Å². The average molecular weight is 320 g/mol. The maximum atomic E-state index is 11.8. The molecule has 6 heteroatoms. The Kier molecular flexibility index (Phi) is 5.68. The minimum Gasteiger partial charge on any atom is -1.00 e. The molecule has 0 spiro atoms. The van der Waals surface area contributed by atoms with Crippen LogP contribution in [0.15, 0.2) is 24.3 Å². The van der Waals surface area contributed by atoms with Gasteiger partial charge < -0.3 is 17.0 Å². The molecular weight excluding hydrogens is 314 g/mol. The Morgan fingerprint density at radius 1 is 1.29 bits per heavy atom. The van der Waals surface area contributed by atoms with Gasteiger partial charge in [-0.05, 0) is 0 Å². The van der Waals surface area contributed by atoms with Crippen LogP contribution in [-0.2, 0) is 23.3 Å². The van der Waals surface area contributed by atoms with Gasteiger partial charge in [-0.15, -0.1) is 0 Å². The Morgan fingerprint density at radius 3 is 2.43 bits per heavy atom. The van der Waals surface area contributed by atoms with E-state index in [0.717, 1.165) is 28.9 Å². The van der Waals surface area contributed by atoms with Crippen LogP contribution in [0.1, 0.15) is 5.56 Å². The standard InChI is InChI=1S/C8H6F3O.BrH.Zn/c1-6-3-2-4-7(5-6)12-8(9,10)11;;/h2-5H,1H2;1H;/q;;+1/p-1. The molecule has 1 aromatic carbocycles. The van der Waals surface area contributed by atoms with Gasteiger partial charge in [-0.2, -0.15) is 0 Å². The van der Waals surface area contributed by atoms with Gasteiger partial charge >= 0.3 is 83.2 Å². The van der Waals surface area contributed by atoms with Gasteiger partial charge in [0.25, 0.3) is 0 Å². The van der Waals surface area contributed by atoms with Crippen LogP contribution < -0.4 is 21.7 Å². The molecule has 0 saturated heterocycles. The van der Waals surface area contributed by atoms with E-state index in [-0.39, 0.29) is 22.7 Å². The number of ether oxygens (including phenoxy) is 1. The van der Waals surface area contributed by atoms with E-state index in [0.29, 0.717) is 0 Å². The number of rotatable bonds is 2. The van der Waals surface area contributed by atoms with E-state index in [2.05, 4.69) is 4.74 Å². The Balaban J connectivity index is 0.00000169. The molecule has 0 aliphatic heterocycles. The summed E-state index contributed by atoms with van der Waals surface area (Å²) >= 11 is 1.02. The zero-order valence-corrected chi connectivity index (χ0v) is 11.7. The van der Waals surface area contributed by atoms with Gasteiger partial charge in [0.05, 0.1) is 0 Å². The number of alkyl halides is 3. The molecule has 1 nitrogen and oxygen atoms in total. The van der Waals surface area contributed by atoms with Gasteiger partial charge in [0.2, 0.25) is 0 Å². The topological polar surface area (TPSA) is 9.23 Å². The van der Waals surface area contributed by atoms with Crippen LogP contribution in [0.3, 0.4) is 0 Å². The molecule has 0 atom stereocenters. The van der Waals surface area contributed by atoms with Crippen molar-refractivity contribution in [2.24, 2.45) is 0 Å². The fourth-order valence-corrected chi connectivity index (χ4v) is 1.55. The molecule has 0 fully saturated rings. The van der Waals surface area contributed by atoms with Crippen molar-refractivity contribution >= 4 is 0 Å². The molecule has 0 aliphatic carbocycles. The molecule has 0 aromatic heterocycles. The van der Waals surface area contributed by atoms with Gasteiger partial charge in [-0.1, -0.05) is 0 Å². The SMILES string of the molecule is FC(F)(F)Oc1cccc([CH2][Zn+])c1.[Br-]. The number of halogens is 4. The molecule has 1 aromatic rings. The summed E-state index contributed by atoms with van der Waals surface area (Å²) in [7, 11) is 0. The molecule has 0 radical (unpaired) electrons. The first-order valence-electron chi connectivity index (χ1n) is 3.65. The van der Waals surface area contributed by atoms with E-state index < -0.39 is 6.36 Å². The van der Waals surface area contributed by atoms with Crippen molar-refractivity contribution in [1.82, 2.24) is 0 Å². The third kappa shape index (κ3) is 4.96. The van der Waals surface area contributed by atoms with Crippen molar-refractivity contribution in [2.75, 3.05) is 0 Å². The third-order valence-electron chi connectivity index (χ3n) is 1.42. The first-order chi connectivity index (χ1) is 6.01. The maximum absolute atomic E-state index is 11.8. The van der Waals surface area contributed by atoms with Crippen molar-refractivity contribution in [3.63, 3.8) is 0 Å². The van der Waals surface area contributed by atoms with E-state index in [4.69, 9.17) is 0 Å². The molecule has 74 valence electrons. The summed E-state index contributed by atoms with van der Waals surface area (Å²) in [4.78, 5) is 0. The van der Waals surface area contributed by atoms with Gasteiger partial charge in [0.1, 0.15) is 0 Å². The van der Waals surface area contributed by atoms with Gasteiger partial charge in [-0.25, -0.2) is 0 Å². The van der Waals surface area contributed by atoms with E-state index in [9.17, 15) is 13.2 Å². The fraction of sp³-hybridized carbons (Fsp3) is 0.250. The Hall–Kier alpha value is -0.0866. The van der Waals surface area contributed by atoms with Crippen LogP contribution in [0.4, 0.5) is 13.2 Å². The van der Waals surface area contributed by atoms with Gasteiger partial charge in [0, 0.05) is 0 Å². The second-order valence-corrected chi connectivity index (χ2v) is 3.49. The van der Waals surface area contributed by atoms with E-state index in [1.54, 1.807) is 12.1 Å². The van der Waals surface area contributed by atoms with Crippen molar-refractivity contribution in [3.05, 3.63) is 29.8 Å². The number of benzene rings is 1. The Labute approximate surface area is 100 Å².